The number of phenols is 1. The summed E-state index contributed by atoms with van der Waals surface area (Å²) in [5.41, 5.74) is 2.16. The first-order valence-electron chi connectivity index (χ1n) is 9.15. The van der Waals surface area contributed by atoms with Crippen molar-refractivity contribution in [1.82, 2.24) is 9.80 Å². The first kappa shape index (κ1) is 19.2. The van der Waals surface area contributed by atoms with E-state index in [0.717, 1.165) is 29.7 Å². The summed E-state index contributed by atoms with van der Waals surface area (Å²) < 4.78 is 1.06. The maximum absolute atomic E-state index is 10.6. The topological polar surface area (TPSA) is 26.7 Å². The number of piperazine rings is 1. The molecule has 0 amide bonds. The minimum absolute atomic E-state index is 0.0348. The summed E-state index contributed by atoms with van der Waals surface area (Å²) in [6.45, 7) is 11.3. The zero-order valence-corrected chi connectivity index (χ0v) is 17.1. The maximum Gasteiger partial charge on any atom is 0.120 e. The van der Waals surface area contributed by atoms with Gasteiger partial charge in [0.15, 0.2) is 0 Å². The number of benzene rings is 2. The summed E-state index contributed by atoms with van der Waals surface area (Å²) in [6.07, 6.45) is 1.98. The zero-order chi connectivity index (χ0) is 18.7. The van der Waals surface area contributed by atoms with E-state index in [1.165, 1.54) is 5.56 Å². The molecular formula is C22H27BrN2O. The van der Waals surface area contributed by atoms with Crippen molar-refractivity contribution in [3.8, 4) is 5.75 Å². The fourth-order valence-corrected chi connectivity index (χ4v) is 4.18. The average Bonchev–Trinajstić information content (AvgIpc) is 2.62. The molecule has 1 aliphatic rings. The molecule has 0 spiro atoms. The van der Waals surface area contributed by atoms with Crippen molar-refractivity contribution in [2.24, 2.45) is 0 Å². The highest BCUT2D eigenvalue weighted by atomic mass is 79.9. The third-order valence-electron chi connectivity index (χ3n) is 5.28. The van der Waals surface area contributed by atoms with Gasteiger partial charge in [0, 0.05) is 41.8 Å². The number of halogens is 1. The predicted molar refractivity (Wildman–Crippen MR) is 111 cm³/mol. The van der Waals surface area contributed by atoms with E-state index in [9.17, 15) is 5.11 Å². The number of hydrogen-bond acceptors (Lipinski definition) is 3. The third kappa shape index (κ3) is 4.03. The first-order chi connectivity index (χ1) is 12.5. The molecule has 0 bridgehead atoms. The fraction of sp³-hybridized carbons (Fsp3) is 0.364. The molecule has 26 heavy (non-hydrogen) atoms. The van der Waals surface area contributed by atoms with Crippen molar-refractivity contribution in [1.29, 1.82) is 0 Å². The van der Waals surface area contributed by atoms with Crippen LogP contribution in [0.3, 0.4) is 0 Å². The van der Waals surface area contributed by atoms with Crippen LogP contribution in [-0.4, -0.2) is 46.6 Å². The van der Waals surface area contributed by atoms with Crippen LogP contribution >= 0.6 is 15.9 Å². The van der Waals surface area contributed by atoms with Crippen molar-refractivity contribution in [2.75, 3.05) is 19.6 Å². The van der Waals surface area contributed by atoms with Crippen molar-refractivity contribution < 1.29 is 5.11 Å². The van der Waals surface area contributed by atoms with E-state index in [-0.39, 0.29) is 6.04 Å². The van der Waals surface area contributed by atoms with Crippen molar-refractivity contribution in [2.45, 2.75) is 32.0 Å². The second kappa shape index (κ2) is 8.38. The van der Waals surface area contributed by atoms with Crippen molar-refractivity contribution >= 4 is 15.9 Å². The van der Waals surface area contributed by atoms with Crippen LogP contribution < -0.4 is 0 Å². The molecule has 1 fully saturated rings. The Hall–Kier alpha value is -1.62. The highest BCUT2D eigenvalue weighted by molar-refractivity contribution is 9.10. The van der Waals surface area contributed by atoms with E-state index < -0.39 is 0 Å². The number of aromatic hydroxyl groups is 1. The second-order valence-electron chi connectivity index (χ2n) is 7.15. The van der Waals surface area contributed by atoms with Crippen LogP contribution in [0.15, 0.2) is 65.7 Å². The molecule has 138 valence electrons. The SMILES string of the molecule is C=CCN1C[C@H](C)N([C@@H](c2ccc(Br)cc2)c2ccccc2O)C[C@H]1C. The third-order valence-corrected chi connectivity index (χ3v) is 5.80. The van der Waals surface area contributed by atoms with Gasteiger partial charge in [0.25, 0.3) is 0 Å². The molecule has 1 heterocycles. The summed E-state index contributed by atoms with van der Waals surface area (Å²) in [7, 11) is 0. The lowest BCUT2D eigenvalue weighted by Crippen LogP contribution is -2.57. The quantitative estimate of drug-likeness (QED) is 0.709. The van der Waals surface area contributed by atoms with E-state index in [4.69, 9.17) is 0 Å². The summed E-state index contributed by atoms with van der Waals surface area (Å²) in [4.78, 5) is 4.99. The van der Waals surface area contributed by atoms with Crippen LogP contribution in [0.25, 0.3) is 0 Å². The zero-order valence-electron chi connectivity index (χ0n) is 15.5. The summed E-state index contributed by atoms with van der Waals surface area (Å²) >= 11 is 3.53. The largest absolute Gasteiger partial charge is 0.508 e. The van der Waals surface area contributed by atoms with Gasteiger partial charge in [-0.1, -0.05) is 52.3 Å². The summed E-state index contributed by atoms with van der Waals surface area (Å²) in [5, 5.41) is 10.6. The Kier molecular flexibility index (Phi) is 6.17. The van der Waals surface area contributed by atoms with Crippen LogP contribution in [0.5, 0.6) is 5.75 Å². The minimum atomic E-state index is 0.0348. The molecule has 3 atom stereocenters. The van der Waals surface area contributed by atoms with E-state index >= 15 is 0 Å². The van der Waals surface area contributed by atoms with Crippen molar-refractivity contribution in [3.63, 3.8) is 0 Å². The molecule has 1 aliphatic heterocycles. The molecule has 3 nitrogen and oxygen atoms in total. The van der Waals surface area contributed by atoms with Gasteiger partial charge >= 0.3 is 0 Å². The van der Waals surface area contributed by atoms with Crippen LogP contribution in [0.4, 0.5) is 0 Å². The molecule has 2 aromatic carbocycles. The lowest BCUT2D eigenvalue weighted by atomic mass is 9.93. The number of para-hydroxylation sites is 1. The Morgan fingerprint density at radius 3 is 2.46 bits per heavy atom. The molecule has 1 saturated heterocycles. The number of hydrogen-bond donors (Lipinski definition) is 1. The summed E-state index contributed by atoms with van der Waals surface area (Å²) in [6, 6.07) is 17.0. The van der Waals surface area contributed by atoms with Gasteiger partial charge in [-0.25, -0.2) is 0 Å². The first-order valence-corrected chi connectivity index (χ1v) is 9.94. The van der Waals surface area contributed by atoms with Gasteiger partial charge in [-0.3, -0.25) is 9.80 Å². The molecule has 4 heteroatoms. The highest BCUT2D eigenvalue weighted by Crippen LogP contribution is 2.37. The standard InChI is InChI=1S/C22H27BrN2O/c1-4-13-24-14-17(3)25(15-16(24)2)22(18-9-11-19(23)12-10-18)20-7-5-6-8-21(20)26/h4-12,16-17,22,26H,1,13-15H2,2-3H3/t16-,17+,22+/m1/s1. The summed E-state index contributed by atoms with van der Waals surface area (Å²) in [5.74, 6) is 0.355. The number of phenolic OH excluding ortho intramolecular Hbond substituents is 1. The van der Waals surface area contributed by atoms with Gasteiger partial charge in [0.2, 0.25) is 0 Å². The van der Waals surface area contributed by atoms with E-state index in [2.05, 4.69) is 70.4 Å². The Morgan fingerprint density at radius 1 is 1.12 bits per heavy atom. The number of rotatable bonds is 5. The Labute approximate surface area is 165 Å². The van der Waals surface area contributed by atoms with Gasteiger partial charge < -0.3 is 5.11 Å². The van der Waals surface area contributed by atoms with E-state index in [1.54, 1.807) is 6.07 Å². The molecule has 0 unspecified atom stereocenters. The molecule has 1 N–H and O–H groups in total. The van der Waals surface area contributed by atoms with Crippen molar-refractivity contribution in [3.05, 3.63) is 76.8 Å². The second-order valence-corrected chi connectivity index (χ2v) is 8.07. The molecule has 0 aliphatic carbocycles. The van der Waals surface area contributed by atoms with Crippen LogP contribution in [0.2, 0.25) is 0 Å². The van der Waals surface area contributed by atoms with E-state index in [1.807, 2.05) is 24.3 Å². The smallest absolute Gasteiger partial charge is 0.120 e. The lowest BCUT2D eigenvalue weighted by molar-refractivity contribution is 0.0301. The average molecular weight is 415 g/mol. The van der Waals surface area contributed by atoms with Crippen LogP contribution in [0, 0.1) is 0 Å². The highest BCUT2D eigenvalue weighted by Gasteiger charge is 2.35. The molecule has 3 rings (SSSR count). The Balaban J connectivity index is 2.00. The Morgan fingerprint density at radius 2 is 1.81 bits per heavy atom. The van der Waals surface area contributed by atoms with Gasteiger partial charge in [-0.15, -0.1) is 6.58 Å². The molecule has 0 radical (unpaired) electrons. The lowest BCUT2D eigenvalue weighted by Gasteiger charge is -2.47. The molecule has 2 aromatic rings. The maximum atomic E-state index is 10.6. The monoisotopic (exact) mass is 414 g/mol. The normalized spacial score (nSPS) is 22.9. The molecule has 0 aromatic heterocycles. The molecule has 0 saturated carbocycles. The Bertz CT molecular complexity index is 746. The van der Waals surface area contributed by atoms with E-state index in [0.29, 0.717) is 17.8 Å². The van der Waals surface area contributed by atoms with Gasteiger partial charge in [0.05, 0.1) is 6.04 Å². The minimum Gasteiger partial charge on any atom is -0.508 e. The van der Waals surface area contributed by atoms with Gasteiger partial charge in [-0.05, 0) is 37.6 Å². The molecular weight excluding hydrogens is 388 g/mol. The van der Waals surface area contributed by atoms with Crippen LogP contribution in [0.1, 0.15) is 31.0 Å². The fourth-order valence-electron chi connectivity index (χ4n) is 3.92. The number of nitrogens with zero attached hydrogens (tertiary/aromatic N) is 2. The van der Waals surface area contributed by atoms with Crippen LogP contribution in [-0.2, 0) is 0 Å². The van der Waals surface area contributed by atoms with Gasteiger partial charge in [-0.2, -0.15) is 0 Å². The van der Waals surface area contributed by atoms with Gasteiger partial charge in [0.1, 0.15) is 5.75 Å². The predicted octanol–water partition coefficient (Wildman–Crippen LogP) is 4.82.